The summed E-state index contributed by atoms with van der Waals surface area (Å²) < 4.78 is 11.0. The maximum Gasteiger partial charge on any atom is 0.267 e. The molecular weight excluding hydrogens is 278 g/mol. The Hall–Kier alpha value is -2.40. The number of halogens is 1. The van der Waals surface area contributed by atoms with Gasteiger partial charge in [0.1, 0.15) is 12.1 Å². The molecule has 0 amide bonds. The van der Waals surface area contributed by atoms with Gasteiger partial charge in [-0.2, -0.15) is 4.98 Å². The zero-order valence-electron chi connectivity index (χ0n) is 10.6. The summed E-state index contributed by atoms with van der Waals surface area (Å²) in [6, 6.07) is 9.37. The fourth-order valence-corrected chi connectivity index (χ4v) is 2.05. The van der Waals surface area contributed by atoms with Crippen LogP contribution < -0.4 is 9.47 Å². The van der Waals surface area contributed by atoms with Crippen LogP contribution in [0.15, 0.2) is 42.9 Å². The van der Waals surface area contributed by atoms with Crippen LogP contribution in [-0.4, -0.2) is 22.1 Å². The number of benzene rings is 1. The highest BCUT2D eigenvalue weighted by Gasteiger charge is 2.13. The van der Waals surface area contributed by atoms with Gasteiger partial charge in [0.05, 0.1) is 12.6 Å². The van der Waals surface area contributed by atoms with Crippen LogP contribution in [0.1, 0.15) is 0 Å². The Kier molecular flexibility index (Phi) is 3.35. The summed E-state index contributed by atoms with van der Waals surface area (Å²) in [7, 11) is 1.49. The highest BCUT2D eigenvalue weighted by molar-refractivity contribution is 6.31. The topological polar surface area (TPSA) is 57.1 Å². The second-order valence-corrected chi connectivity index (χ2v) is 4.29. The molecule has 0 atom stereocenters. The van der Waals surface area contributed by atoms with Crippen molar-refractivity contribution >= 4 is 22.5 Å². The van der Waals surface area contributed by atoms with Gasteiger partial charge in [-0.05, 0) is 24.3 Å². The van der Waals surface area contributed by atoms with Crippen molar-refractivity contribution in [3.8, 4) is 17.4 Å². The summed E-state index contributed by atoms with van der Waals surface area (Å²) >= 11 is 5.95. The molecule has 3 rings (SSSR count). The first-order chi connectivity index (χ1) is 9.79. The van der Waals surface area contributed by atoms with Crippen LogP contribution in [-0.2, 0) is 0 Å². The van der Waals surface area contributed by atoms with Crippen molar-refractivity contribution in [1.82, 2.24) is 15.0 Å². The van der Waals surface area contributed by atoms with E-state index in [0.29, 0.717) is 11.5 Å². The van der Waals surface area contributed by atoms with Gasteiger partial charge in [-0.3, -0.25) is 4.98 Å². The minimum Gasteiger partial charge on any atom is -0.489 e. The molecule has 0 aliphatic rings. The summed E-state index contributed by atoms with van der Waals surface area (Å²) in [5.74, 6) is 1.20. The number of aromatic nitrogens is 3. The second-order valence-electron chi connectivity index (χ2n) is 3.93. The standard InChI is InChI=1S/C14H10ClN3O2/c1-19-12-13(15)17-8-18-14(12)20-11-6-2-5-10-9(11)4-3-7-16-10/h2-8H,1H3. The van der Waals surface area contributed by atoms with Crippen LogP contribution >= 0.6 is 11.6 Å². The minimum absolute atomic E-state index is 0.205. The van der Waals surface area contributed by atoms with Crippen LogP contribution in [0.2, 0.25) is 5.15 Å². The van der Waals surface area contributed by atoms with Crippen LogP contribution in [0, 0.1) is 0 Å². The lowest BCUT2D eigenvalue weighted by molar-refractivity contribution is 0.369. The van der Waals surface area contributed by atoms with E-state index in [4.69, 9.17) is 21.1 Å². The largest absolute Gasteiger partial charge is 0.489 e. The summed E-state index contributed by atoms with van der Waals surface area (Å²) in [6.45, 7) is 0. The Labute approximate surface area is 120 Å². The average Bonchev–Trinajstić information content (AvgIpc) is 2.48. The number of fused-ring (bicyclic) bond motifs is 1. The molecule has 1 aromatic carbocycles. The molecule has 0 aliphatic heterocycles. The molecule has 2 aromatic heterocycles. The maximum atomic E-state index is 5.95. The number of rotatable bonds is 3. The Morgan fingerprint density at radius 3 is 2.80 bits per heavy atom. The molecule has 2 heterocycles. The summed E-state index contributed by atoms with van der Waals surface area (Å²) in [4.78, 5) is 12.2. The fourth-order valence-electron chi connectivity index (χ4n) is 1.85. The van der Waals surface area contributed by atoms with Crippen molar-refractivity contribution in [2.24, 2.45) is 0 Å². The van der Waals surface area contributed by atoms with Crippen molar-refractivity contribution < 1.29 is 9.47 Å². The number of pyridine rings is 1. The molecule has 0 saturated heterocycles. The molecule has 5 nitrogen and oxygen atoms in total. The predicted octanol–water partition coefficient (Wildman–Crippen LogP) is 3.48. The molecule has 0 unspecified atom stereocenters. The van der Waals surface area contributed by atoms with E-state index >= 15 is 0 Å². The van der Waals surface area contributed by atoms with Crippen LogP contribution in [0.4, 0.5) is 0 Å². The zero-order valence-corrected chi connectivity index (χ0v) is 11.3. The molecule has 0 spiro atoms. The van der Waals surface area contributed by atoms with Gasteiger partial charge in [0, 0.05) is 11.6 Å². The van der Waals surface area contributed by atoms with Gasteiger partial charge in [-0.25, -0.2) is 4.98 Å². The van der Waals surface area contributed by atoms with Gasteiger partial charge in [0.15, 0.2) is 5.15 Å². The SMILES string of the molecule is COc1c(Cl)ncnc1Oc1cccc2ncccc12. The number of methoxy groups -OCH3 is 1. The highest BCUT2D eigenvalue weighted by atomic mass is 35.5. The summed E-state index contributed by atoms with van der Waals surface area (Å²) in [6.07, 6.45) is 3.05. The van der Waals surface area contributed by atoms with Gasteiger partial charge in [-0.1, -0.05) is 17.7 Å². The first kappa shape index (κ1) is 12.6. The third-order valence-corrected chi connectivity index (χ3v) is 3.01. The van der Waals surface area contributed by atoms with Crippen LogP contribution in [0.5, 0.6) is 17.4 Å². The lowest BCUT2D eigenvalue weighted by Gasteiger charge is -2.10. The molecule has 20 heavy (non-hydrogen) atoms. The fraction of sp³-hybridized carbons (Fsp3) is 0.0714. The molecule has 3 aromatic rings. The monoisotopic (exact) mass is 287 g/mol. The van der Waals surface area contributed by atoms with Crippen molar-refractivity contribution in [2.75, 3.05) is 7.11 Å². The Morgan fingerprint density at radius 1 is 1.05 bits per heavy atom. The van der Waals surface area contributed by atoms with Gasteiger partial charge < -0.3 is 9.47 Å². The van der Waals surface area contributed by atoms with E-state index in [0.717, 1.165) is 10.9 Å². The molecule has 0 saturated carbocycles. The number of ether oxygens (including phenoxy) is 2. The lowest BCUT2D eigenvalue weighted by Crippen LogP contribution is -1.96. The van der Waals surface area contributed by atoms with E-state index in [2.05, 4.69) is 15.0 Å². The van der Waals surface area contributed by atoms with Crippen molar-refractivity contribution in [3.05, 3.63) is 48.0 Å². The maximum absolute atomic E-state index is 5.95. The molecule has 0 aliphatic carbocycles. The van der Waals surface area contributed by atoms with E-state index in [1.54, 1.807) is 6.20 Å². The zero-order chi connectivity index (χ0) is 13.9. The smallest absolute Gasteiger partial charge is 0.267 e. The molecule has 0 N–H and O–H groups in total. The van der Waals surface area contributed by atoms with Crippen LogP contribution in [0.25, 0.3) is 10.9 Å². The highest BCUT2D eigenvalue weighted by Crippen LogP contribution is 2.35. The molecule has 6 heteroatoms. The quantitative estimate of drug-likeness (QED) is 0.690. The van der Waals surface area contributed by atoms with Gasteiger partial charge >= 0.3 is 0 Å². The Morgan fingerprint density at radius 2 is 1.95 bits per heavy atom. The van der Waals surface area contributed by atoms with Gasteiger partial charge in [-0.15, -0.1) is 0 Å². The average molecular weight is 288 g/mol. The molecule has 0 radical (unpaired) electrons. The van der Waals surface area contributed by atoms with E-state index in [1.165, 1.54) is 13.4 Å². The number of nitrogens with zero attached hydrogens (tertiary/aromatic N) is 3. The van der Waals surface area contributed by atoms with Gasteiger partial charge in [0.2, 0.25) is 5.75 Å². The van der Waals surface area contributed by atoms with E-state index < -0.39 is 0 Å². The molecular formula is C14H10ClN3O2. The first-order valence-corrected chi connectivity index (χ1v) is 6.23. The van der Waals surface area contributed by atoms with E-state index in [1.807, 2.05) is 30.3 Å². The lowest BCUT2D eigenvalue weighted by atomic mass is 10.2. The number of hydrogen-bond donors (Lipinski definition) is 0. The van der Waals surface area contributed by atoms with Crippen molar-refractivity contribution in [2.45, 2.75) is 0 Å². The van der Waals surface area contributed by atoms with Crippen molar-refractivity contribution in [3.63, 3.8) is 0 Å². The number of hydrogen-bond acceptors (Lipinski definition) is 5. The summed E-state index contributed by atoms with van der Waals surface area (Å²) in [5, 5.41) is 1.09. The molecule has 0 bridgehead atoms. The van der Waals surface area contributed by atoms with E-state index in [9.17, 15) is 0 Å². The van der Waals surface area contributed by atoms with E-state index in [-0.39, 0.29) is 11.0 Å². The molecule has 0 fully saturated rings. The Balaban J connectivity index is 2.08. The predicted molar refractivity (Wildman–Crippen MR) is 75.4 cm³/mol. The summed E-state index contributed by atoms with van der Waals surface area (Å²) in [5.41, 5.74) is 0.837. The van der Waals surface area contributed by atoms with Crippen LogP contribution in [0.3, 0.4) is 0 Å². The first-order valence-electron chi connectivity index (χ1n) is 5.85. The normalized spacial score (nSPS) is 10.5. The molecule has 100 valence electrons. The third kappa shape index (κ3) is 2.23. The van der Waals surface area contributed by atoms with Crippen molar-refractivity contribution in [1.29, 1.82) is 0 Å². The minimum atomic E-state index is 0.205. The Bertz CT molecular complexity index is 759. The second kappa shape index (κ2) is 5.30. The van der Waals surface area contributed by atoms with Gasteiger partial charge in [0.25, 0.3) is 5.88 Å². The third-order valence-electron chi connectivity index (χ3n) is 2.74.